The highest BCUT2D eigenvalue weighted by molar-refractivity contribution is 5.92. The summed E-state index contributed by atoms with van der Waals surface area (Å²) in [5.74, 6) is -0.202. The molecular formula is C19H23F3N4O. The first kappa shape index (κ1) is 19.4. The molecule has 0 aliphatic carbocycles. The number of nitrogens with zero attached hydrogens (tertiary/aromatic N) is 2. The third-order valence-corrected chi connectivity index (χ3v) is 5.09. The van der Waals surface area contributed by atoms with Crippen molar-refractivity contribution in [2.45, 2.75) is 38.4 Å². The molecule has 146 valence electrons. The van der Waals surface area contributed by atoms with Crippen molar-refractivity contribution in [2.24, 2.45) is 11.7 Å². The number of carbonyl (C=O) groups is 1. The van der Waals surface area contributed by atoms with Crippen molar-refractivity contribution in [3.8, 4) is 0 Å². The highest BCUT2D eigenvalue weighted by Gasteiger charge is 2.35. The van der Waals surface area contributed by atoms with Gasteiger partial charge in [0.05, 0.1) is 0 Å². The SMILES string of the molecule is Cc1cccc(CC(N)C2CCN(C(=O)c3cc(C(F)(F)F)[nH]n3)CC2)c1. The summed E-state index contributed by atoms with van der Waals surface area (Å²) in [7, 11) is 0. The van der Waals surface area contributed by atoms with Crippen LogP contribution in [0.1, 0.15) is 40.2 Å². The van der Waals surface area contributed by atoms with Crippen LogP contribution in [0.15, 0.2) is 30.3 Å². The second-order valence-electron chi connectivity index (χ2n) is 7.15. The van der Waals surface area contributed by atoms with Crippen molar-refractivity contribution in [1.29, 1.82) is 0 Å². The molecule has 0 spiro atoms. The van der Waals surface area contributed by atoms with Crippen LogP contribution in [0.25, 0.3) is 0 Å². The average molecular weight is 380 g/mol. The Kier molecular flexibility index (Phi) is 5.55. The van der Waals surface area contributed by atoms with Gasteiger partial charge in [-0.1, -0.05) is 29.8 Å². The van der Waals surface area contributed by atoms with Crippen molar-refractivity contribution in [2.75, 3.05) is 13.1 Å². The molecule has 8 heteroatoms. The molecular weight excluding hydrogens is 357 g/mol. The predicted molar refractivity (Wildman–Crippen MR) is 95.1 cm³/mol. The molecule has 3 N–H and O–H groups in total. The van der Waals surface area contributed by atoms with E-state index in [4.69, 9.17) is 5.73 Å². The molecule has 1 aromatic carbocycles. The molecule has 1 amide bonds. The van der Waals surface area contributed by atoms with Crippen molar-refractivity contribution >= 4 is 5.91 Å². The number of hydrogen-bond acceptors (Lipinski definition) is 3. The Hall–Kier alpha value is -2.35. The maximum Gasteiger partial charge on any atom is 0.432 e. The fraction of sp³-hybridized carbons (Fsp3) is 0.474. The third kappa shape index (κ3) is 4.68. The number of amides is 1. The minimum Gasteiger partial charge on any atom is -0.337 e. The summed E-state index contributed by atoms with van der Waals surface area (Å²) in [4.78, 5) is 13.9. The van der Waals surface area contributed by atoms with E-state index in [9.17, 15) is 18.0 Å². The van der Waals surface area contributed by atoms with Gasteiger partial charge in [0, 0.05) is 25.2 Å². The predicted octanol–water partition coefficient (Wildman–Crippen LogP) is 3.16. The lowest BCUT2D eigenvalue weighted by Gasteiger charge is -2.34. The van der Waals surface area contributed by atoms with Crippen LogP contribution in [0.3, 0.4) is 0 Å². The normalized spacial score (nSPS) is 17.1. The number of halogens is 3. The molecule has 1 aliphatic rings. The van der Waals surface area contributed by atoms with Gasteiger partial charge in [0.1, 0.15) is 5.69 Å². The first-order chi connectivity index (χ1) is 12.7. The highest BCUT2D eigenvalue weighted by Crippen LogP contribution is 2.28. The highest BCUT2D eigenvalue weighted by atomic mass is 19.4. The van der Waals surface area contributed by atoms with Crippen molar-refractivity contribution in [1.82, 2.24) is 15.1 Å². The molecule has 5 nitrogen and oxygen atoms in total. The molecule has 1 saturated heterocycles. The molecule has 27 heavy (non-hydrogen) atoms. The molecule has 0 radical (unpaired) electrons. The van der Waals surface area contributed by atoms with Crippen LogP contribution >= 0.6 is 0 Å². The summed E-state index contributed by atoms with van der Waals surface area (Å²) < 4.78 is 37.9. The van der Waals surface area contributed by atoms with E-state index in [-0.39, 0.29) is 17.7 Å². The molecule has 2 aromatic rings. The van der Waals surface area contributed by atoms with Crippen LogP contribution in [0.2, 0.25) is 0 Å². The lowest BCUT2D eigenvalue weighted by Crippen LogP contribution is -2.44. The second-order valence-corrected chi connectivity index (χ2v) is 7.15. The third-order valence-electron chi connectivity index (χ3n) is 5.09. The number of aromatic amines is 1. The summed E-state index contributed by atoms with van der Waals surface area (Å²) in [5, 5.41) is 5.40. The Labute approximate surface area is 155 Å². The topological polar surface area (TPSA) is 75.0 Å². The van der Waals surface area contributed by atoms with E-state index in [1.165, 1.54) is 11.1 Å². The molecule has 1 fully saturated rings. The summed E-state index contributed by atoms with van der Waals surface area (Å²) in [6.07, 6.45) is -2.31. The molecule has 1 atom stereocenters. The molecule has 1 aromatic heterocycles. The number of likely N-dealkylation sites (tertiary alicyclic amines) is 1. The van der Waals surface area contributed by atoms with Gasteiger partial charge < -0.3 is 10.6 Å². The molecule has 2 heterocycles. The van der Waals surface area contributed by atoms with Gasteiger partial charge in [0.15, 0.2) is 5.69 Å². The van der Waals surface area contributed by atoms with E-state index in [2.05, 4.69) is 17.2 Å². The van der Waals surface area contributed by atoms with Crippen LogP contribution in [-0.4, -0.2) is 40.1 Å². The van der Waals surface area contributed by atoms with E-state index in [1.54, 1.807) is 4.90 Å². The number of aryl methyl sites for hydroxylation is 1. The number of alkyl halides is 3. The number of nitrogens with one attached hydrogen (secondary N) is 1. The fourth-order valence-electron chi connectivity index (χ4n) is 3.55. The van der Waals surface area contributed by atoms with Gasteiger partial charge in [0.2, 0.25) is 0 Å². The van der Waals surface area contributed by atoms with E-state index in [0.717, 1.165) is 25.3 Å². The summed E-state index contributed by atoms with van der Waals surface area (Å²) in [6.45, 7) is 2.98. The number of rotatable bonds is 4. The second kappa shape index (κ2) is 7.72. The van der Waals surface area contributed by atoms with Gasteiger partial charge in [-0.25, -0.2) is 0 Å². The molecule has 1 unspecified atom stereocenters. The molecule has 3 rings (SSSR count). The number of aromatic nitrogens is 2. The monoisotopic (exact) mass is 380 g/mol. The standard InChI is InChI=1S/C19H23F3N4O/c1-12-3-2-4-13(9-12)10-15(23)14-5-7-26(8-6-14)18(27)16-11-17(25-24-16)19(20,21)22/h2-4,9,11,14-15H,5-8,10,23H2,1H3,(H,24,25). The van der Waals surface area contributed by atoms with Gasteiger partial charge in [0.25, 0.3) is 5.91 Å². The maximum absolute atomic E-state index is 12.6. The fourth-order valence-corrected chi connectivity index (χ4v) is 3.55. The minimum absolute atomic E-state index is 0.00809. The summed E-state index contributed by atoms with van der Waals surface area (Å²) in [5.41, 5.74) is 7.54. The Balaban J connectivity index is 1.55. The number of carbonyl (C=O) groups excluding carboxylic acids is 1. The summed E-state index contributed by atoms with van der Waals surface area (Å²) in [6, 6.07) is 8.98. The van der Waals surface area contributed by atoms with Crippen molar-refractivity contribution in [3.63, 3.8) is 0 Å². The Morgan fingerprint density at radius 3 is 2.63 bits per heavy atom. The molecule has 0 saturated carbocycles. The van der Waals surface area contributed by atoms with Gasteiger partial charge in [-0.3, -0.25) is 9.89 Å². The van der Waals surface area contributed by atoms with E-state index in [0.29, 0.717) is 13.1 Å². The molecule has 0 bridgehead atoms. The van der Waals surface area contributed by atoms with Gasteiger partial charge in [-0.2, -0.15) is 18.3 Å². The zero-order chi connectivity index (χ0) is 19.6. The first-order valence-corrected chi connectivity index (χ1v) is 8.97. The van der Waals surface area contributed by atoms with Crippen LogP contribution in [0.4, 0.5) is 13.2 Å². The van der Waals surface area contributed by atoms with E-state index >= 15 is 0 Å². The number of H-pyrrole nitrogens is 1. The van der Waals surface area contributed by atoms with E-state index < -0.39 is 17.8 Å². The Morgan fingerprint density at radius 2 is 2.04 bits per heavy atom. The van der Waals surface area contributed by atoms with Gasteiger partial charge >= 0.3 is 6.18 Å². The van der Waals surface area contributed by atoms with Gasteiger partial charge in [-0.05, 0) is 37.7 Å². The zero-order valence-corrected chi connectivity index (χ0v) is 15.1. The van der Waals surface area contributed by atoms with Crippen LogP contribution < -0.4 is 5.73 Å². The lowest BCUT2D eigenvalue weighted by atomic mass is 9.86. The van der Waals surface area contributed by atoms with Crippen molar-refractivity contribution in [3.05, 3.63) is 52.8 Å². The smallest absolute Gasteiger partial charge is 0.337 e. The average Bonchev–Trinajstić information content (AvgIpc) is 3.12. The number of piperidine rings is 1. The van der Waals surface area contributed by atoms with E-state index in [1.807, 2.05) is 24.2 Å². The zero-order valence-electron chi connectivity index (χ0n) is 15.1. The van der Waals surface area contributed by atoms with Crippen LogP contribution in [-0.2, 0) is 12.6 Å². The van der Waals surface area contributed by atoms with Gasteiger partial charge in [-0.15, -0.1) is 0 Å². The lowest BCUT2D eigenvalue weighted by molar-refractivity contribution is -0.141. The number of benzene rings is 1. The Bertz CT molecular complexity index is 794. The van der Waals surface area contributed by atoms with Crippen LogP contribution in [0, 0.1) is 12.8 Å². The maximum atomic E-state index is 12.6. The van der Waals surface area contributed by atoms with Crippen LogP contribution in [0.5, 0.6) is 0 Å². The number of nitrogens with two attached hydrogens (primary N) is 1. The summed E-state index contributed by atoms with van der Waals surface area (Å²) >= 11 is 0. The largest absolute Gasteiger partial charge is 0.432 e. The number of hydrogen-bond donors (Lipinski definition) is 2. The molecule has 1 aliphatic heterocycles. The Morgan fingerprint density at radius 1 is 1.33 bits per heavy atom. The first-order valence-electron chi connectivity index (χ1n) is 8.97. The van der Waals surface area contributed by atoms with Crippen molar-refractivity contribution < 1.29 is 18.0 Å². The quantitative estimate of drug-likeness (QED) is 0.856. The minimum atomic E-state index is -4.54.